The van der Waals surface area contributed by atoms with Gasteiger partial charge >= 0.3 is 0 Å². The van der Waals surface area contributed by atoms with Crippen LogP contribution in [0.4, 0.5) is 0 Å². The van der Waals surface area contributed by atoms with Gasteiger partial charge in [0.2, 0.25) is 10.0 Å². The van der Waals surface area contributed by atoms with Gasteiger partial charge in [-0.05, 0) is 31.0 Å². The minimum absolute atomic E-state index is 0.0883. The molecule has 0 radical (unpaired) electrons. The van der Waals surface area contributed by atoms with Gasteiger partial charge in [0.25, 0.3) is 11.8 Å². The average molecular weight is 513 g/mol. The summed E-state index contributed by atoms with van der Waals surface area (Å²) < 4.78 is 34.7. The molecule has 2 saturated heterocycles. The van der Waals surface area contributed by atoms with Crippen LogP contribution in [0.2, 0.25) is 0 Å². The molecule has 3 heterocycles. The zero-order valence-electron chi connectivity index (χ0n) is 17.0. The lowest BCUT2D eigenvalue weighted by molar-refractivity contribution is -0.147. The number of morpholine rings is 1. The normalized spacial score (nSPS) is 21.2. The van der Waals surface area contributed by atoms with Crippen LogP contribution >= 0.6 is 15.9 Å². The topological polar surface area (TPSA) is 126 Å². The van der Waals surface area contributed by atoms with Crippen molar-refractivity contribution in [2.24, 2.45) is 5.73 Å². The first kappa shape index (κ1) is 22.3. The van der Waals surface area contributed by atoms with E-state index in [2.05, 4.69) is 20.9 Å². The largest absolute Gasteiger partial charge is 0.366 e. The lowest BCUT2D eigenvalue weighted by Gasteiger charge is -2.34. The maximum absolute atomic E-state index is 13.6. The first-order chi connectivity index (χ1) is 14.8. The summed E-state index contributed by atoms with van der Waals surface area (Å²) in [5.41, 5.74) is 5.80. The lowest BCUT2D eigenvalue weighted by atomic mass is 10.2. The quantitative estimate of drug-likeness (QED) is 0.645. The number of nitrogens with zero attached hydrogens (tertiary/aromatic N) is 2. The SMILES string of the molecule is NC(=O)c1[nH]c2ccc(Br)cc2c1S(=O)(=O)N1CCOC(C(=O)N2CCCCCC2)C1. The number of halogens is 1. The van der Waals surface area contributed by atoms with Crippen LogP contribution in [-0.2, 0) is 19.6 Å². The van der Waals surface area contributed by atoms with Gasteiger partial charge in [-0.1, -0.05) is 28.8 Å². The Balaban J connectivity index is 1.66. The van der Waals surface area contributed by atoms with E-state index < -0.39 is 22.0 Å². The fourth-order valence-electron chi connectivity index (χ4n) is 4.20. The molecular formula is C20H25BrN4O5S. The number of primary amides is 1. The highest BCUT2D eigenvalue weighted by Crippen LogP contribution is 2.32. The fourth-order valence-corrected chi connectivity index (χ4v) is 6.32. The predicted molar refractivity (Wildman–Crippen MR) is 118 cm³/mol. The molecule has 2 aromatic rings. The third-order valence-corrected chi connectivity index (χ3v) is 8.22. The third-order valence-electron chi connectivity index (χ3n) is 5.78. The minimum atomic E-state index is -4.11. The number of benzene rings is 1. The van der Waals surface area contributed by atoms with E-state index in [9.17, 15) is 18.0 Å². The molecule has 168 valence electrons. The maximum Gasteiger partial charge on any atom is 0.266 e. The Morgan fingerprint density at radius 3 is 2.52 bits per heavy atom. The molecule has 31 heavy (non-hydrogen) atoms. The number of carbonyl (C=O) groups excluding carboxylic acids is 2. The molecule has 0 aliphatic carbocycles. The number of nitrogens with one attached hydrogen (secondary N) is 1. The molecule has 1 atom stereocenters. The minimum Gasteiger partial charge on any atom is -0.366 e. The van der Waals surface area contributed by atoms with E-state index in [1.807, 2.05) is 0 Å². The number of hydrogen-bond acceptors (Lipinski definition) is 5. The van der Waals surface area contributed by atoms with Crippen molar-refractivity contribution in [1.29, 1.82) is 0 Å². The van der Waals surface area contributed by atoms with Crippen molar-refractivity contribution >= 4 is 48.7 Å². The standard InChI is InChI=1S/C20H25BrN4O5S/c21-13-5-6-15-14(11-13)18(17(23-15)19(22)26)31(28,29)25-9-10-30-16(12-25)20(27)24-7-3-1-2-4-8-24/h5-6,11,16,23H,1-4,7-10,12H2,(H2,22,26). The number of likely N-dealkylation sites (tertiary alicyclic amines) is 1. The molecule has 3 N–H and O–H groups in total. The molecule has 1 unspecified atom stereocenters. The van der Waals surface area contributed by atoms with Crippen LogP contribution in [0.15, 0.2) is 27.6 Å². The fraction of sp³-hybridized carbons (Fsp3) is 0.500. The summed E-state index contributed by atoms with van der Waals surface area (Å²) in [6.45, 7) is 1.41. The second-order valence-electron chi connectivity index (χ2n) is 7.85. The molecule has 2 amide bonds. The summed E-state index contributed by atoms with van der Waals surface area (Å²) >= 11 is 3.35. The smallest absolute Gasteiger partial charge is 0.266 e. The second kappa shape index (κ2) is 8.89. The Kier molecular flexibility index (Phi) is 6.38. The van der Waals surface area contributed by atoms with Crippen LogP contribution in [0, 0.1) is 0 Å². The predicted octanol–water partition coefficient (Wildman–Crippen LogP) is 1.82. The van der Waals surface area contributed by atoms with Crippen LogP contribution < -0.4 is 5.73 Å². The number of rotatable bonds is 4. The molecule has 9 nitrogen and oxygen atoms in total. The highest BCUT2D eigenvalue weighted by atomic mass is 79.9. The number of aromatic amines is 1. The van der Waals surface area contributed by atoms with Gasteiger partial charge in [-0.15, -0.1) is 0 Å². The van der Waals surface area contributed by atoms with Crippen molar-refractivity contribution in [3.63, 3.8) is 0 Å². The van der Waals surface area contributed by atoms with E-state index >= 15 is 0 Å². The molecule has 1 aromatic carbocycles. The first-order valence-electron chi connectivity index (χ1n) is 10.3. The van der Waals surface area contributed by atoms with Gasteiger partial charge in [-0.2, -0.15) is 4.31 Å². The monoisotopic (exact) mass is 512 g/mol. The Morgan fingerprint density at radius 1 is 1.13 bits per heavy atom. The molecule has 0 spiro atoms. The van der Waals surface area contributed by atoms with Gasteiger partial charge in [0.1, 0.15) is 16.7 Å². The van der Waals surface area contributed by atoms with E-state index in [-0.39, 0.29) is 36.2 Å². The van der Waals surface area contributed by atoms with Gasteiger partial charge in [-0.3, -0.25) is 9.59 Å². The zero-order valence-corrected chi connectivity index (χ0v) is 19.4. The molecule has 2 fully saturated rings. The molecule has 11 heteroatoms. The molecule has 2 aliphatic heterocycles. The lowest BCUT2D eigenvalue weighted by Crippen LogP contribution is -2.52. The van der Waals surface area contributed by atoms with Crippen LogP contribution in [0.1, 0.15) is 36.2 Å². The van der Waals surface area contributed by atoms with Crippen LogP contribution in [0.5, 0.6) is 0 Å². The van der Waals surface area contributed by atoms with Gasteiger partial charge in [0.15, 0.2) is 0 Å². The van der Waals surface area contributed by atoms with Crippen molar-refractivity contribution in [1.82, 2.24) is 14.2 Å². The van der Waals surface area contributed by atoms with Gasteiger partial charge < -0.3 is 20.4 Å². The summed E-state index contributed by atoms with van der Waals surface area (Å²) in [5.74, 6) is -1.05. The number of fused-ring (bicyclic) bond motifs is 1. The van der Waals surface area contributed by atoms with Crippen molar-refractivity contribution < 1.29 is 22.7 Å². The van der Waals surface area contributed by atoms with E-state index in [4.69, 9.17) is 10.5 Å². The number of nitrogens with two attached hydrogens (primary N) is 1. The number of carbonyl (C=O) groups is 2. The van der Waals surface area contributed by atoms with Crippen molar-refractivity contribution in [2.75, 3.05) is 32.8 Å². The van der Waals surface area contributed by atoms with E-state index in [0.717, 1.165) is 25.7 Å². The second-order valence-corrected chi connectivity index (χ2v) is 10.6. The maximum atomic E-state index is 13.6. The Hall–Kier alpha value is -1.95. The summed E-state index contributed by atoms with van der Waals surface area (Å²) in [5, 5.41) is 0.366. The van der Waals surface area contributed by atoms with Gasteiger partial charge in [-0.25, -0.2) is 8.42 Å². The summed E-state index contributed by atoms with van der Waals surface area (Å²) in [4.78, 5) is 29.4. The van der Waals surface area contributed by atoms with Crippen molar-refractivity contribution in [3.05, 3.63) is 28.4 Å². The summed E-state index contributed by atoms with van der Waals surface area (Å²) in [7, 11) is -4.11. The van der Waals surface area contributed by atoms with E-state index in [0.29, 0.717) is 28.5 Å². The zero-order chi connectivity index (χ0) is 22.2. The Bertz CT molecular complexity index is 1110. The number of amides is 2. The van der Waals surface area contributed by atoms with Crippen molar-refractivity contribution in [3.8, 4) is 0 Å². The number of H-pyrrole nitrogens is 1. The summed E-state index contributed by atoms with van der Waals surface area (Å²) in [6, 6.07) is 5.05. The number of sulfonamides is 1. The third kappa shape index (κ3) is 4.36. The summed E-state index contributed by atoms with van der Waals surface area (Å²) in [6.07, 6.45) is 3.18. The molecule has 4 rings (SSSR count). The molecular weight excluding hydrogens is 488 g/mol. The average Bonchev–Trinajstić information content (AvgIpc) is 2.93. The van der Waals surface area contributed by atoms with Crippen LogP contribution in [-0.4, -0.2) is 73.3 Å². The highest BCUT2D eigenvalue weighted by Gasteiger charge is 2.39. The molecule has 1 aromatic heterocycles. The molecule has 2 aliphatic rings. The Morgan fingerprint density at radius 2 is 1.84 bits per heavy atom. The number of ether oxygens (including phenoxy) is 1. The van der Waals surface area contributed by atoms with Crippen LogP contribution in [0.25, 0.3) is 10.9 Å². The number of hydrogen-bond donors (Lipinski definition) is 2. The Labute approximate surface area is 189 Å². The van der Waals surface area contributed by atoms with E-state index in [1.165, 1.54) is 4.31 Å². The first-order valence-corrected chi connectivity index (χ1v) is 12.5. The van der Waals surface area contributed by atoms with E-state index in [1.54, 1.807) is 23.1 Å². The molecule has 0 bridgehead atoms. The van der Waals surface area contributed by atoms with Crippen LogP contribution in [0.3, 0.4) is 0 Å². The molecule has 0 saturated carbocycles. The van der Waals surface area contributed by atoms with Crippen molar-refractivity contribution in [2.45, 2.75) is 36.7 Å². The highest BCUT2D eigenvalue weighted by molar-refractivity contribution is 9.10. The van der Waals surface area contributed by atoms with Gasteiger partial charge in [0, 0.05) is 41.6 Å². The van der Waals surface area contributed by atoms with Gasteiger partial charge in [0.05, 0.1) is 6.61 Å². The number of aromatic nitrogens is 1.